The summed E-state index contributed by atoms with van der Waals surface area (Å²) in [6.07, 6.45) is 0. The van der Waals surface area contributed by atoms with Crippen LogP contribution in [0.1, 0.15) is 15.9 Å². The predicted octanol–water partition coefficient (Wildman–Crippen LogP) is 0.991. The van der Waals surface area contributed by atoms with Crippen molar-refractivity contribution in [3.05, 3.63) is 39.4 Å². The van der Waals surface area contributed by atoms with E-state index in [1.165, 1.54) is 12.1 Å². The van der Waals surface area contributed by atoms with E-state index in [1.54, 1.807) is 6.07 Å². The molecule has 0 radical (unpaired) electrons. The maximum absolute atomic E-state index is 11.5. The van der Waals surface area contributed by atoms with Crippen molar-refractivity contribution < 1.29 is 19.2 Å². The molecule has 2 aliphatic heterocycles. The molecule has 2 aliphatic rings. The van der Waals surface area contributed by atoms with Crippen molar-refractivity contribution >= 4 is 11.7 Å². The van der Waals surface area contributed by atoms with Gasteiger partial charge in [-0.15, -0.1) is 0 Å². The van der Waals surface area contributed by atoms with Gasteiger partial charge in [-0.25, -0.2) is 4.79 Å². The molecule has 1 unspecified atom stereocenters. The van der Waals surface area contributed by atoms with Crippen LogP contribution in [0.5, 0.6) is 0 Å². The molecule has 1 spiro atoms. The third-order valence-electron chi connectivity index (χ3n) is 2.85. The summed E-state index contributed by atoms with van der Waals surface area (Å²) in [5, 5.41) is 10.6. The third-order valence-corrected chi connectivity index (χ3v) is 2.85. The van der Waals surface area contributed by atoms with Gasteiger partial charge in [0.05, 0.1) is 17.1 Å². The van der Waals surface area contributed by atoms with Crippen molar-refractivity contribution in [2.45, 2.75) is 5.60 Å². The molecule has 0 amide bonds. The number of nitro benzene ring substituents is 1. The fourth-order valence-electron chi connectivity index (χ4n) is 1.88. The van der Waals surface area contributed by atoms with Gasteiger partial charge in [0.25, 0.3) is 5.69 Å². The quantitative estimate of drug-likeness (QED) is 0.305. The molecule has 0 aliphatic carbocycles. The Morgan fingerprint density at radius 3 is 2.75 bits per heavy atom. The lowest BCUT2D eigenvalue weighted by Gasteiger charge is -2.21. The number of cyclic esters (lactones) is 1. The maximum atomic E-state index is 11.5. The molecule has 1 aromatic carbocycles. The summed E-state index contributed by atoms with van der Waals surface area (Å²) in [5.41, 5.74) is 0.263. The van der Waals surface area contributed by atoms with Crippen LogP contribution >= 0.6 is 0 Å². The molecule has 6 nitrogen and oxygen atoms in total. The predicted molar refractivity (Wildman–Crippen MR) is 51.0 cm³/mol. The van der Waals surface area contributed by atoms with E-state index in [-0.39, 0.29) is 17.9 Å². The van der Waals surface area contributed by atoms with E-state index in [4.69, 9.17) is 9.47 Å². The Labute approximate surface area is 89.9 Å². The number of epoxide rings is 1. The molecule has 0 aromatic heterocycles. The van der Waals surface area contributed by atoms with E-state index >= 15 is 0 Å². The first-order valence-corrected chi connectivity index (χ1v) is 4.72. The van der Waals surface area contributed by atoms with Crippen molar-refractivity contribution in [2.75, 3.05) is 13.2 Å². The average molecular weight is 221 g/mol. The van der Waals surface area contributed by atoms with Crippen LogP contribution in [-0.4, -0.2) is 24.1 Å². The van der Waals surface area contributed by atoms with Crippen LogP contribution in [0.15, 0.2) is 18.2 Å². The normalized spacial score (nSPS) is 26.1. The van der Waals surface area contributed by atoms with E-state index in [0.29, 0.717) is 12.2 Å². The number of hydrogen-bond acceptors (Lipinski definition) is 5. The second-order valence-electron chi connectivity index (χ2n) is 3.85. The van der Waals surface area contributed by atoms with Gasteiger partial charge in [-0.3, -0.25) is 10.1 Å². The topological polar surface area (TPSA) is 82.0 Å². The highest BCUT2D eigenvalue weighted by atomic mass is 16.6. The third kappa shape index (κ3) is 1.13. The smallest absolute Gasteiger partial charge is 0.338 e. The summed E-state index contributed by atoms with van der Waals surface area (Å²) in [4.78, 5) is 21.5. The monoisotopic (exact) mass is 221 g/mol. The molecular weight excluding hydrogens is 214 g/mol. The number of benzene rings is 1. The van der Waals surface area contributed by atoms with Crippen LogP contribution in [0.4, 0.5) is 5.69 Å². The molecule has 3 rings (SSSR count). The lowest BCUT2D eigenvalue weighted by atomic mass is 9.93. The van der Waals surface area contributed by atoms with Crippen molar-refractivity contribution in [1.29, 1.82) is 0 Å². The highest BCUT2D eigenvalue weighted by Gasteiger charge is 2.52. The van der Waals surface area contributed by atoms with Gasteiger partial charge in [0, 0.05) is 17.7 Å². The summed E-state index contributed by atoms with van der Waals surface area (Å²) in [6, 6.07) is 4.18. The Hall–Kier alpha value is -1.95. The fraction of sp³-hybridized carbons (Fsp3) is 0.300. The van der Waals surface area contributed by atoms with E-state index < -0.39 is 16.5 Å². The summed E-state index contributed by atoms with van der Waals surface area (Å²) in [5.74, 6) is -0.528. The minimum absolute atomic E-state index is 0.117. The highest BCUT2D eigenvalue weighted by molar-refractivity contribution is 5.93. The van der Waals surface area contributed by atoms with Crippen molar-refractivity contribution in [2.24, 2.45) is 0 Å². The van der Waals surface area contributed by atoms with Gasteiger partial charge < -0.3 is 9.47 Å². The van der Waals surface area contributed by atoms with Crippen LogP contribution < -0.4 is 0 Å². The second-order valence-corrected chi connectivity index (χ2v) is 3.85. The van der Waals surface area contributed by atoms with Crippen LogP contribution in [0.2, 0.25) is 0 Å². The number of fused-ring (bicyclic) bond motifs is 2. The van der Waals surface area contributed by atoms with Gasteiger partial charge in [-0.2, -0.15) is 0 Å². The highest BCUT2D eigenvalue weighted by Crippen LogP contribution is 2.44. The number of nitro groups is 1. The molecular formula is C10H7NO5. The molecule has 1 fully saturated rings. The number of carbonyl (C=O) groups is 1. The molecule has 0 saturated carbocycles. The van der Waals surface area contributed by atoms with Crippen LogP contribution in [0.25, 0.3) is 0 Å². The molecule has 0 bridgehead atoms. The summed E-state index contributed by atoms with van der Waals surface area (Å²) < 4.78 is 10.2. The minimum Gasteiger partial charge on any atom is -0.459 e. The zero-order chi connectivity index (χ0) is 11.3. The minimum atomic E-state index is -0.543. The lowest BCUT2D eigenvalue weighted by Crippen LogP contribution is -2.29. The van der Waals surface area contributed by atoms with Gasteiger partial charge in [0.15, 0.2) is 5.60 Å². The Balaban J connectivity index is 2.16. The molecule has 1 saturated heterocycles. The first-order valence-electron chi connectivity index (χ1n) is 4.72. The van der Waals surface area contributed by atoms with E-state index in [2.05, 4.69) is 0 Å². The maximum Gasteiger partial charge on any atom is 0.338 e. The van der Waals surface area contributed by atoms with Gasteiger partial charge in [-0.1, -0.05) is 0 Å². The molecule has 1 aromatic rings. The summed E-state index contributed by atoms with van der Waals surface area (Å²) in [6.45, 7) is 0.682. The number of non-ortho nitro benzene ring substituents is 1. The number of hydrogen-bond donors (Lipinski definition) is 0. The molecule has 1 atom stereocenters. The summed E-state index contributed by atoms with van der Waals surface area (Å²) in [7, 11) is 0. The van der Waals surface area contributed by atoms with Crippen LogP contribution in [-0.2, 0) is 15.1 Å². The standard InChI is InChI=1S/C10H7NO5/c12-9-7-3-6(11(13)14)1-2-8(7)10(4-15-9)5-16-10/h1-3H,4-5H2. The number of ether oxygens (including phenoxy) is 2. The fourth-order valence-corrected chi connectivity index (χ4v) is 1.88. The first kappa shape index (κ1) is 9.29. The number of carbonyl (C=O) groups excluding carboxylic acids is 1. The second kappa shape index (κ2) is 2.79. The zero-order valence-corrected chi connectivity index (χ0v) is 8.13. The number of rotatable bonds is 1. The largest absolute Gasteiger partial charge is 0.459 e. The lowest BCUT2D eigenvalue weighted by molar-refractivity contribution is -0.384. The first-order chi connectivity index (χ1) is 7.62. The van der Waals surface area contributed by atoms with Crippen molar-refractivity contribution in [3.63, 3.8) is 0 Å². The van der Waals surface area contributed by atoms with Gasteiger partial charge in [0.2, 0.25) is 0 Å². The SMILES string of the molecule is O=C1OCC2(CO2)c2ccc([N+](=O)[O-])cc21. The Bertz CT molecular complexity index is 506. The average Bonchev–Trinajstić information content (AvgIpc) is 3.05. The molecule has 2 heterocycles. The van der Waals surface area contributed by atoms with E-state index in [0.717, 1.165) is 0 Å². The Kier molecular flexibility index (Phi) is 1.62. The molecule has 16 heavy (non-hydrogen) atoms. The van der Waals surface area contributed by atoms with Gasteiger partial charge in [-0.05, 0) is 6.07 Å². The Morgan fingerprint density at radius 2 is 2.12 bits per heavy atom. The van der Waals surface area contributed by atoms with Crippen molar-refractivity contribution in [3.8, 4) is 0 Å². The summed E-state index contributed by atoms with van der Waals surface area (Å²) >= 11 is 0. The Morgan fingerprint density at radius 1 is 1.38 bits per heavy atom. The van der Waals surface area contributed by atoms with Crippen LogP contribution in [0.3, 0.4) is 0 Å². The number of esters is 1. The van der Waals surface area contributed by atoms with Crippen LogP contribution in [0, 0.1) is 10.1 Å². The molecule has 0 N–H and O–H groups in total. The number of nitrogens with zero attached hydrogens (tertiary/aromatic N) is 1. The zero-order valence-electron chi connectivity index (χ0n) is 8.13. The van der Waals surface area contributed by atoms with Gasteiger partial charge >= 0.3 is 5.97 Å². The molecule has 6 heteroatoms. The van der Waals surface area contributed by atoms with Gasteiger partial charge in [0.1, 0.15) is 6.61 Å². The van der Waals surface area contributed by atoms with E-state index in [9.17, 15) is 14.9 Å². The van der Waals surface area contributed by atoms with Crippen molar-refractivity contribution in [1.82, 2.24) is 0 Å². The molecule has 82 valence electrons. The van der Waals surface area contributed by atoms with E-state index in [1.807, 2.05) is 0 Å².